The van der Waals surface area contributed by atoms with Crippen LogP contribution in [0.4, 0.5) is 0 Å². The van der Waals surface area contributed by atoms with Crippen molar-refractivity contribution in [3.63, 3.8) is 0 Å². The molecule has 0 aromatic rings. The summed E-state index contributed by atoms with van der Waals surface area (Å²) in [6, 6.07) is -0.0710. The van der Waals surface area contributed by atoms with Gasteiger partial charge < -0.3 is 5.73 Å². The van der Waals surface area contributed by atoms with Gasteiger partial charge in [0.15, 0.2) is 0 Å². The Bertz CT molecular complexity index is 128. The minimum Gasteiger partial charge on any atom is -0.323 e. The number of hydrogen-bond donors (Lipinski definition) is 2. The van der Waals surface area contributed by atoms with Gasteiger partial charge in [-0.3, -0.25) is 0 Å². The zero-order valence-corrected chi connectivity index (χ0v) is 6.78. The van der Waals surface area contributed by atoms with E-state index in [4.69, 9.17) is 5.73 Å². The van der Waals surface area contributed by atoms with E-state index in [2.05, 4.69) is 24.9 Å². The average Bonchev–Trinajstić information content (AvgIpc) is 1.64. The van der Waals surface area contributed by atoms with Crippen LogP contribution >= 0.6 is 12.6 Å². The summed E-state index contributed by atoms with van der Waals surface area (Å²) in [5.74, 6) is 0. The summed E-state index contributed by atoms with van der Waals surface area (Å²) >= 11 is 4.26. The molecule has 0 heterocycles. The first-order valence-electron chi connectivity index (χ1n) is 2.82. The Morgan fingerprint density at radius 1 is 1.78 bits per heavy atom. The van der Waals surface area contributed by atoms with E-state index < -0.39 is 0 Å². The number of thiol groups is 1. The second-order valence-corrected chi connectivity index (χ2v) is 3.70. The fourth-order valence-electron chi connectivity index (χ4n) is 0.331. The molecule has 0 saturated heterocycles. The molecule has 0 aromatic carbocycles. The van der Waals surface area contributed by atoms with Gasteiger partial charge in [-0.2, -0.15) is 12.6 Å². The zero-order chi connectivity index (χ0) is 7.49. The molecule has 1 nitrogen and oxygen atoms in total. The molecule has 0 spiro atoms. The van der Waals surface area contributed by atoms with Crippen LogP contribution in [-0.4, -0.2) is 10.8 Å². The van der Waals surface area contributed by atoms with Gasteiger partial charge in [-0.25, -0.2) is 0 Å². The van der Waals surface area contributed by atoms with Crippen molar-refractivity contribution in [1.29, 1.82) is 0 Å². The fraction of sp³-hybridized carbons (Fsp3) is 0.571. The van der Waals surface area contributed by atoms with E-state index in [1.807, 2.05) is 13.8 Å². The van der Waals surface area contributed by atoms with Crippen LogP contribution in [0.2, 0.25) is 0 Å². The van der Waals surface area contributed by atoms with Crippen molar-refractivity contribution < 1.29 is 0 Å². The number of rotatable bonds is 2. The lowest BCUT2D eigenvalue weighted by molar-refractivity contribution is 0.629. The number of hydrogen-bond acceptors (Lipinski definition) is 2. The van der Waals surface area contributed by atoms with Gasteiger partial charge in [-0.15, -0.1) is 5.73 Å². The maximum Gasteiger partial charge on any atom is 0.0440 e. The van der Waals surface area contributed by atoms with E-state index in [0.717, 1.165) is 0 Å². The molecular weight excluding hydrogens is 130 g/mol. The molecule has 0 fully saturated rings. The van der Waals surface area contributed by atoms with Crippen LogP contribution in [0.15, 0.2) is 18.4 Å². The highest BCUT2D eigenvalue weighted by Gasteiger charge is 2.18. The largest absolute Gasteiger partial charge is 0.323 e. The molecule has 2 N–H and O–H groups in total. The minimum absolute atomic E-state index is 0.0710. The molecule has 2 heteroatoms. The summed E-state index contributed by atoms with van der Waals surface area (Å²) < 4.78 is -0.176. The van der Waals surface area contributed by atoms with Gasteiger partial charge in [-0.1, -0.05) is 6.58 Å². The van der Waals surface area contributed by atoms with Crippen molar-refractivity contribution in [1.82, 2.24) is 0 Å². The van der Waals surface area contributed by atoms with E-state index >= 15 is 0 Å². The summed E-state index contributed by atoms with van der Waals surface area (Å²) in [4.78, 5) is 0. The van der Waals surface area contributed by atoms with Crippen molar-refractivity contribution in [2.75, 3.05) is 0 Å². The first-order chi connectivity index (χ1) is 3.98. The first-order valence-corrected chi connectivity index (χ1v) is 3.27. The Hall–Kier alpha value is -0.170. The SMILES string of the molecule is C=C=CC(N)C(C)(C)S. The summed E-state index contributed by atoms with van der Waals surface area (Å²) in [7, 11) is 0. The molecular formula is C7H13NS. The monoisotopic (exact) mass is 143 g/mol. The molecule has 0 aliphatic heterocycles. The molecule has 0 aliphatic rings. The predicted molar refractivity (Wildman–Crippen MR) is 44.8 cm³/mol. The quantitative estimate of drug-likeness (QED) is 0.443. The molecule has 52 valence electrons. The average molecular weight is 143 g/mol. The van der Waals surface area contributed by atoms with Crippen LogP contribution in [0.25, 0.3) is 0 Å². The van der Waals surface area contributed by atoms with E-state index in [-0.39, 0.29) is 10.8 Å². The van der Waals surface area contributed by atoms with Crippen molar-refractivity contribution in [2.24, 2.45) is 5.73 Å². The Morgan fingerprint density at radius 2 is 2.22 bits per heavy atom. The van der Waals surface area contributed by atoms with Gasteiger partial charge in [0.1, 0.15) is 0 Å². The van der Waals surface area contributed by atoms with Crippen molar-refractivity contribution in [3.05, 3.63) is 18.4 Å². The van der Waals surface area contributed by atoms with Gasteiger partial charge in [0, 0.05) is 10.8 Å². The third-order valence-electron chi connectivity index (χ3n) is 1.11. The van der Waals surface area contributed by atoms with E-state index in [1.165, 1.54) is 0 Å². The third-order valence-corrected chi connectivity index (χ3v) is 1.41. The molecule has 1 atom stereocenters. The van der Waals surface area contributed by atoms with Crippen LogP contribution in [0.3, 0.4) is 0 Å². The molecule has 0 amide bonds. The highest BCUT2D eigenvalue weighted by molar-refractivity contribution is 7.81. The summed E-state index contributed by atoms with van der Waals surface area (Å²) in [5.41, 5.74) is 8.25. The molecule has 0 saturated carbocycles. The maximum atomic E-state index is 5.63. The molecule has 0 rings (SSSR count). The third kappa shape index (κ3) is 3.41. The zero-order valence-electron chi connectivity index (χ0n) is 5.89. The lowest BCUT2D eigenvalue weighted by Crippen LogP contribution is -2.36. The standard InChI is InChI=1S/C7H13NS/c1-4-5-6(8)7(2,3)9/h5-6,9H,1,8H2,2-3H3. The topological polar surface area (TPSA) is 26.0 Å². The van der Waals surface area contributed by atoms with Crippen molar-refractivity contribution >= 4 is 12.6 Å². The molecule has 0 aliphatic carbocycles. The molecule has 0 bridgehead atoms. The van der Waals surface area contributed by atoms with Gasteiger partial charge in [0.05, 0.1) is 0 Å². The van der Waals surface area contributed by atoms with Gasteiger partial charge in [0.2, 0.25) is 0 Å². The molecule has 0 aromatic heterocycles. The van der Waals surface area contributed by atoms with E-state index in [1.54, 1.807) is 6.08 Å². The lowest BCUT2D eigenvalue weighted by atomic mass is 10.0. The Kier molecular flexibility index (Phi) is 3.06. The fourth-order valence-corrected chi connectivity index (χ4v) is 0.405. The van der Waals surface area contributed by atoms with Crippen LogP contribution in [-0.2, 0) is 0 Å². The Balaban J connectivity index is 4.03. The Labute approximate surface area is 62.0 Å². The van der Waals surface area contributed by atoms with E-state index in [9.17, 15) is 0 Å². The minimum atomic E-state index is -0.176. The smallest absolute Gasteiger partial charge is 0.0440 e. The second kappa shape index (κ2) is 3.11. The van der Waals surface area contributed by atoms with E-state index in [0.29, 0.717) is 0 Å². The lowest BCUT2D eigenvalue weighted by Gasteiger charge is -2.21. The molecule has 1 unspecified atom stereocenters. The van der Waals surface area contributed by atoms with Gasteiger partial charge in [0.25, 0.3) is 0 Å². The van der Waals surface area contributed by atoms with Crippen molar-refractivity contribution in [2.45, 2.75) is 24.6 Å². The van der Waals surface area contributed by atoms with Crippen molar-refractivity contribution in [3.8, 4) is 0 Å². The maximum absolute atomic E-state index is 5.63. The van der Waals surface area contributed by atoms with Crippen LogP contribution in [0, 0.1) is 0 Å². The summed E-state index contributed by atoms with van der Waals surface area (Å²) in [5, 5.41) is 0. The van der Waals surface area contributed by atoms with Gasteiger partial charge in [-0.05, 0) is 19.9 Å². The predicted octanol–water partition coefficient (Wildman–Crippen LogP) is 1.36. The second-order valence-electron chi connectivity index (χ2n) is 2.55. The molecule has 9 heavy (non-hydrogen) atoms. The highest BCUT2D eigenvalue weighted by Crippen LogP contribution is 2.15. The first kappa shape index (κ1) is 8.83. The summed E-state index contributed by atoms with van der Waals surface area (Å²) in [6.45, 7) is 7.33. The summed E-state index contributed by atoms with van der Waals surface area (Å²) in [6.07, 6.45) is 1.72. The highest BCUT2D eigenvalue weighted by atomic mass is 32.1. The normalized spacial score (nSPS) is 14.2. The van der Waals surface area contributed by atoms with Crippen LogP contribution in [0.5, 0.6) is 0 Å². The van der Waals surface area contributed by atoms with Crippen LogP contribution < -0.4 is 5.73 Å². The van der Waals surface area contributed by atoms with Gasteiger partial charge >= 0.3 is 0 Å². The Morgan fingerprint density at radius 3 is 2.33 bits per heavy atom. The number of nitrogens with two attached hydrogens (primary N) is 1. The molecule has 0 radical (unpaired) electrons. The van der Waals surface area contributed by atoms with Crippen LogP contribution in [0.1, 0.15) is 13.8 Å².